The Balaban J connectivity index is 2.18. The van der Waals surface area contributed by atoms with Crippen molar-refractivity contribution in [2.24, 2.45) is 0 Å². The van der Waals surface area contributed by atoms with E-state index >= 15 is 0 Å². The van der Waals surface area contributed by atoms with E-state index in [1.807, 2.05) is 18.2 Å². The maximum atomic E-state index is 13.0. The third-order valence-electron chi connectivity index (χ3n) is 3.82. The average Bonchev–Trinajstić information content (AvgIpc) is 2.91. The van der Waals surface area contributed by atoms with Gasteiger partial charge >= 0.3 is 0 Å². The lowest BCUT2D eigenvalue weighted by Gasteiger charge is -2.26. The van der Waals surface area contributed by atoms with E-state index in [0.717, 1.165) is 10.9 Å². The van der Waals surface area contributed by atoms with Crippen LogP contribution < -0.4 is 0 Å². The first-order valence-corrected chi connectivity index (χ1v) is 8.11. The molecule has 1 atom stereocenters. The van der Waals surface area contributed by atoms with Gasteiger partial charge in [-0.25, -0.2) is 17.4 Å². The summed E-state index contributed by atoms with van der Waals surface area (Å²) in [5.74, 6) is 0. The van der Waals surface area contributed by atoms with Crippen molar-refractivity contribution >= 4 is 27.1 Å². The van der Waals surface area contributed by atoms with Gasteiger partial charge in [-0.05, 0) is 31.0 Å². The van der Waals surface area contributed by atoms with Crippen molar-refractivity contribution in [3.05, 3.63) is 61.0 Å². The van der Waals surface area contributed by atoms with Crippen molar-refractivity contribution in [3.63, 3.8) is 0 Å². The first-order chi connectivity index (χ1) is 9.98. The Morgan fingerprint density at radius 2 is 2.24 bits per heavy atom. The third kappa shape index (κ3) is 2.05. The highest BCUT2D eigenvalue weighted by molar-refractivity contribution is 7.91. The van der Waals surface area contributed by atoms with Crippen LogP contribution in [0.3, 0.4) is 0 Å². The van der Waals surface area contributed by atoms with Gasteiger partial charge in [-0.3, -0.25) is 0 Å². The van der Waals surface area contributed by atoms with E-state index in [1.165, 1.54) is 3.97 Å². The molecule has 0 aliphatic heterocycles. The van der Waals surface area contributed by atoms with Gasteiger partial charge in [0.15, 0.2) is 5.65 Å². The molecule has 0 amide bonds. The average molecular weight is 300 g/mol. The number of fused-ring (bicyclic) bond motifs is 1. The number of nitrogens with zero attached hydrogens (tertiary/aromatic N) is 2. The van der Waals surface area contributed by atoms with E-state index in [2.05, 4.69) is 11.6 Å². The fourth-order valence-corrected chi connectivity index (χ4v) is 4.05. The Morgan fingerprint density at radius 1 is 1.43 bits per heavy atom. The lowest BCUT2D eigenvalue weighted by Crippen LogP contribution is -2.37. The molecule has 1 aliphatic rings. The maximum Gasteiger partial charge on any atom is 0.249 e. The van der Waals surface area contributed by atoms with Crippen molar-refractivity contribution < 1.29 is 8.42 Å². The minimum atomic E-state index is -3.57. The van der Waals surface area contributed by atoms with Crippen molar-refractivity contribution in [2.45, 2.75) is 18.1 Å². The highest BCUT2D eigenvalue weighted by atomic mass is 32.2. The minimum absolute atomic E-state index is 0.449. The summed E-state index contributed by atoms with van der Waals surface area (Å²) < 4.78 is 26.2. The predicted molar refractivity (Wildman–Crippen MR) is 85.4 cm³/mol. The molecule has 2 aromatic heterocycles. The van der Waals surface area contributed by atoms with Gasteiger partial charge in [0.2, 0.25) is 10.0 Å². The lowest BCUT2D eigenvalue weighted by molar-refractivity contribution is 0.554. The maximum absolute atomic E-state index is 13.0. The predicted octanol–water partition coefficient (Wildman–Crippen LogP) is 3.13. The molecule has 0 fully saturated rings. The molecule has 0 saturated heterocycles. The first kappa shape index (κ1) is 13.8. The molecule has 0 radical (unpaired) electrons. The monoisotopic (exact) mass is 300 g/mol. The lowest BCUT2D eigenvalue weighted by atomic mass is 10.0. The van der Waals surface area contributed by atoms with Crippen LogP contribution in [-0.2, 0) is 10.0 Å². The quantitative estimate of drug-likeness (QED) is 0.875. The topological polar surface area (TPSA) is 52.0 Å². The molecule has 5 heteroatoms. The standard InChI is InChI=1S/C16H16N2O2S/c1-3-13-11-14-7-10-18(15(14)17-12-13)21(19,20)16(2)8-5-4-6-9-16/h3-8,10-12H,1,9H2,2H3. The molecular weight excluding hydrogens is 284 g/mol. The smallest absolute Gasteiger partial charge is 0.237 e. The summed E-state index contributed by atoms with van der Waals surface area (Å²) in [5, 5.41) is 0.787. The molecule has 1 aliphatic carbocycles. The molecular formula is C16H16N2O2S. The van der Waals surface area contributed by atoms with Crippen LogP contribution in [0.25, 0.3) is 17.1 Å². The van der Waals surface area contributed by atoms with Gasteiger partial charge in [-0.2, -0.15) is 0 Å². The highest BCUT2D eigenvalue weighted by Gasteiger charge is 2.38. The molecule has 4 nitrogen and oxygen atoms in total. The summed E-state index contributed by atoms with van der Waals surface area (Å²) in [7, 11) is -3.57. The number of pyridine rings is 1. The van der Waals surface area contributed by atoms with Crippen molar-refractivity contribution in [2.75, 3.05) is 0 Å². The second kappa shape index (κ2) is 4.70. The molecule has 108 valence electrons. The summed E-state index contributed by atoms with van der Waals surface area (Å²) in [6.45, 7) is 5.42. The van der Waals surface area contributed by atoms with E-state index < -0.39 is 14.8 Å². The molecule has 0 spiro atoms. The molecule has 3 rings (SSSR count). The van der Waals surface area contributed by atoms with Gasteiger partial charge in [0.1, 0.15) is 4.75 Å². The van der Waals surface area contributed by atoms with Gasteiger partial charge < -0.3 is 0 Å². The fraction of sp³-hybridized carbons (Fsp3) is 0.188. The Hall–Kier alpha value is -2.14. The van der Waals surface area contributed by atoms with Crippen LogP contribution in [0.2, 0.25) is 0 Å². The molecule has 2 aromatic rings. The Bertz CT molecular complexity index is 875. The van der Waals surface area contributed by atoms with Crippen LogP contribution in [0.1, 0.15) is 18.9 Å². The Morgan fingerprint density at radius 3 is 2.90 bits per heavy atom. The van der Waals surface area contributed by atoms with Crippen LogP contribution >= 0.6 is 0 Å². The molecule has 0 aromatic carbocycles. The molecule has 2 heterocycles. The summed E-state index contributed by atoms with van der Waals surface area (Å²) in [5.41, 5.74) is 1.31. The summed E-state index contributed by atoms with van der Waals surface area (Å²) in [4.78, 5) is 4.27. The van der Waals surface area contributed by atoms with Gasteiger partial charge in [0.25, 0.3) is 0 Å². The second-order valence-corrected chi connectivity index (χ2v) is 7.58. The first-order valence-electron chi connectivity index (χ1n) is 6.67. The largest absolute Gasteiger partial charge is 0.249 e. The van der Waals surface area contributed by atoms with Gasteiger partial charge in [-0.15, -0.1) is 0 Å². The Labute approximate surface area is 124 Å². The zero-order valence-electron chi connectivity index (χ0n) is 11.7. The Kier molecular flexibility index (Phi) is 3.10. The zero-order valence-corrected chi connectivity index (χ0v) is 12.5. The van der Waals surface area contributed by atoms with Crippen molar-refractivity contribution in [3.8, 4) is 0 Å². The van der Waals surface area contributed by atoms with Crippen LogP contribution in [0, 0.1) is 0 Å². The van der Waals surface area contributed by atoms with Crippen LogP contribution in [0.5, 0.6) is 0 Å². The highest BCUT2D eigenvalue weighted by Crippen LogP contribution is 2.31. The molecule has 0 bridgehead atoms. The molecule has 21 heavy (non-hydrogen) atoms. The van der Waals surface area contributed by atoms with E-state index in [1.54, 1.807) is 43.6 Å². The normalized spacial score (nSPS) is 21.8. The van der Waals surface area contributed by atoms with Gasteiger partial charge in [0, 0.05) is 17.8 Å². The summed E-state index contributed by atoms with van der Waals surface area (Å²) in [6, 6.07) is 3.64. The number of aromatic nitrogens is 2. The minimum Gasteiger partial charge on any atom is -0.237 e. The van der Waals surface area contributed by atoms with Crippen LogP contribution in [-0.4, -0.2) is 22.1 Å². The number of rotatable bonds is 3. The van der Waals surface area contributed by atoms with E-state index in [0.29, 0.717) is 12.1 Å². The zero-order chi connectivity index (χ0) is 15.1. The SMILES string of the molecule is C=Cc1cnc2c(ccn2S(=O)(=O)C2(C)C=CC=CC2)c1. The molecule has 0 saturated carbocycles. The van der Waals surface area contributed by atoms with Crippen LogP contribution in [0.4, 0.5) is 0 Å². The van der Waals surface area contributed by atoms with E-state index in [-0.39, 0.29) is 0 Å². The molecule has 1 unspecified atom stereocenters. The summed E-state index contributed by atoms with van der Waals surface area (Å²) >= 11 is 0. The number of hydrogen-bond acceptors (Lipinski definition) is 3. The third-order valence-corrected chi connectivity index (χ3v) is 6.11. The van der Waals surface area contributed by atoms with E-state index in [4.69, 9.17) is 0 Å². The number of hydrogen-bond donors (Lipinski definition) is 0. The molecule has 0 N–H and O–H groups in total. The van der Waals surface area contributed by atoms with Crippen molar-refractivity contribution in [1.82, 2.24) is 8.96 Å². The van der Waals surface area contributed by atoms with E-state index in [9.17, 15) is 8.42 Å². The summed E-state index contributed by atoms with van der Waals surface area (Å²) in [6.07, 6.45) is 12.6. The van der Waals surface area contributed by atoms with Gasteiger partial charge in [0.05, 0.1) is 0 Å². The van der Waals surface area contributed by atoms with Crippen molar-refractivity contribution in [1.29, 1.82) is 0 Å². The second-order valence-electron chi connectivity index (χ2n) is 5.31. The fourth-order valence-electron chi connectivity index (χ4n) is 2.45. The van der Waals surface area contributed by atoms with Crippen LogP contribution in [0.15, 0.2) is 55.4 Å². The number of allylic oxidation sites excluding steroid dienone is 3. The van der Waals surface area contributed by atoms with Gasteiger partial charge in [-0.1, -0.05) is 37.0 Å².